The third-order valence-corrected chi connectivity index (χ3v) is 6.47. The number of hydrogen-bond acceptors (Lipinski definition) is 5. The third-order valence-electron chi connectivity index (χ3n) is 6.47. The second-order valence-corrected chi connectivity index (χ2v) is 8.59. The van der Waals surface area contributed by atoms with E-state index in [9.17, 15) is 15.0 Å². The number of aliphatic carboxylic acids is 1. The highest BCUT2D eigenvalue weighted by atomic mass is 16.5. The number of carbonyl (C=O) groups is 1. The Morgan fingerprint density at radius 2 is 2.00 bits per heavy atom. The van der Waals surface area contributed by atoms with Gasteiger partial charge in [0.25, 0.3) is 0 Å². The molecule has 1 aliphatic heterocycles. The van der Waals surface area contributed by atoms with Crippen molar-refractivity contribution in [3.05, 3.63) is 30.3 Å². The van der Waals surface area contributed by atoms with Gasteiger partial charge in [0.05, 0.1) is 18.3 Å². The summed E-state index contributed by atoms with van der Waals surface area (Å²) in [6.07, 6.45) is 4.97. The topological polar surface area (TPSA) is 96.2 Å². The maximum atomic E-state index is 10.7. The molecule has 6 nitrogen and oxygen atoms in total. The van der Waals surface area contributed by atoms with E-state index >= 15 is 0 Å². The minimum Gasteiger partial charge on any atom is -0.491 e. The molecule has 0 amide bonds. The number of carboxylic acids is 1. The molecule has 0 bridgehead atoms. The van der Waals surface area contributed by atoms with E-state index in [0.29, 0.717) is 37.7 Å². The van der Waals surface area contributed by atoms with Crippen molar-refractivity contribution in [2.24, 2.45) is 17.8 Å². The molecule has 2 aliphatic rings. The lowest BCUT2D eigenvalue weighted by Gasteiger charge is -2.24. The Labute approximate surface area is 172 Å². The Hall–Kier alpha value is -1.63. The van der Waals surface area contributed by atoms with Crippen molar-refractivity contribution in [2.45, 2.75) is 69.7 Å². The van der Waals surface area contributed by atoms with Gasteiger partial charge in [0, 0.05) is 19.4 Å². The summed E-state index contributed by atoms with van der Waals surface area (Å²) in [5, 5.41) is 29.7. The van der Waals surface area contributed by atoms with E-state index in [0.717, 1.165) is 31.4 Å². The zero-order chi connectivity index (χ0) is 20.6. The van der Waals surface area contributed by atoms with Crippen LogP contribution in [0, 0.1) is 17.8 Å². The molecule has 6 heteroatoms. The van der Waals surface area contributed by atoms with Crippen LogP contribution in [0.2, 0.25) is 0 Å². The largest absolute Gasteiger partial charge is 0.491 e. The number of ether oxygens (including phenoxy) is 2. The summed E-state index contributed by atoms with van der Waals surface area (Å²) in [6, 6.07) is 9.46. The second kappa shape index (κ2) is 11.0. The lowest BCUT2D eigenvalue weighted by molar-refractivity contribution is -0.137. The lowest BCUT2D eigenvalue weighted by Crippen LogP contribution is -2.25. The number of aliphatic hydroxyl groups excluding tert-OH is 2. The normalized spacial score (nSPS) is 30.3. The van der Waals surface area contributed by atoms with Crippen LogP contribution in [0.25, 0.3) is 0 Å². The molecule has 1 saturated heterocycles. The fraction of sp³-hybridized carbons (Fsp3) is 0.696. The number of aliphatic hydroxyl groups is 2. The van der Waals surface area contributed by atoms with E-state index < -0.39 is 12.1 Å². The highest BCUT2D eigenvalue weighted by Crippen LogP contribution is 2.43. The SMILES string of the molecule is O=C(O)CCC[C@H]1CC[C@@H]2[C@@H](CC[C@@H](O)COc3ccccc3)[C@H](O)C[C@@H]2OC1. The number of fused-ring (bicyclic) bond motifs is 1. The van der Waals surface area contributed by atoms with Crippen LogP contribution in [-0.4, -0.2) is 52.8 Å². The maximum absolute atomic E-state index is 10.7. The van der Waals surface area contributed by atoms with Crippen LogP contribution in [0.5, 0.6) is 5.75 Å². The van der Waals surface area contributed by atoms with E-state index in [1.807, 2.05) is 30.3 Å². The number of carboxylic acid groups (broad SMARTS) is 1. The fourth-order valence-electron chi connectivity index (χ4n) is 4.86. The zero-order valence-corrected chi connectivity index (χ0v) is 17.0. The van der Waals surface area contributed by atoms with Crippen molar-refractivity contribution in [2.75, 3.05) is 13.2 Å². The van der Waals surface area contributed by atoms with E-state index in [2.05, 4.69) is 0 Å². The molecule has 6 atom stereocenters. The van der Waals surface area contributed by atoms with Crippen LogP contribution >= 0.6 is 0 Å². The predicted octanol–water partition coefficient (Wildman–Crippen LogP) is 3.25. The smallest absolute Gasteiger partial charge is 0.303 e. The van der Waals surface area contributed by atoms with Crippen molar-refractivity contribution < 1.29 is 29.6 Å². The van der Waals surface area contributed by atoms with Crippen LogP contribution in [0.4, 0.5) is 0 Å². The van der Waals surface area contributed by atoms with Crippen molar-refractivity contribution >= 4 is 5.97 Å². The van der Waals surface area contributed by atoms with Gasteiger partial charge in [0.2, 0.25) is 0 Å². The standard InChI is InChI=1S/C23H34O6/c24-17(15-28-18-6-2-1-3-7-18)10-12-19-20-11-9-16(5-4-8-23(26)27)14-29-22(20)13-21(19)25/h1-3,6-7,16-17,19-22,24-25H,4-5,8-15H2,(H,26,27)/t16-,17+,19+,20+,21+,22-/m0/s1. The first kappa shape index (κ1) is 22.1. The molecule has 3 N–H and O–H groups in total. The van der Waals surface area contributed by atoms with E-state index in [4.69, 9.17) is 14.6 Å². The van der Waals surface area contributed by atoms with Gasteiger partial charge in [0.1, 0.15) is 12.4 Å². The second-order valence-electron chi connectivity index (χ2n) is 8.59. The van der Waals surface area contributed by atoms with Gasteiger partial charge in [-0.2, -0.15) is 0 Å². The average Bonchev–Trinajstić information content (AvgIpc) is 2.87. The highest BCUT2D eigenvalue weighted by Gasteiger charge is 2.44. The summed E-state index contributed by atoms with van der Waals surface area (Å²) in [5.74, 6) is 0.872. The van der Waals surface area contributed by atoms with Crippen molar-refractivity contribution in [1.29, 1.82) is 0 Å². The lowest BCUT2D eigenvalue weighted by atomic mass is 9.84. The van der Waals surface area contributed by atoms with Crippen LogP contribution in [-0.2, 0) is 9.53 Å². The molecular formula is C23H34O6. The minimum atomic E-state index is -0.741. The van der Waals surface area contributed by atoms with Gasteiger partial charge in [-0.25, -0.2) is 0 Å². The highest BCUT2D eigenvalue weighted by molar-refractivity contribution is 5.66. The van der Waals surface area contributed by atoms with Crippen LogP contribution in [0.1, 0.15) is 51.4 Å². The Kier molecular flexibility index (Phi) is 8.33. The molecular weight excluding hydrogens is 372 g/mol. The van der Waals surface area contributed by atoms with Crippen molar-refractivity contribution in [3.63, 3.8) is 0 Å². The zero-order valence-electron chi connectivity index (χ0n) is 17.0. The van der Waals surface area contributed by atoms with Gasteiger partial charge in [0.15, 0.2) is 0 Å². The summed E-state index contributed by atoms with van der Waals surface area (Å²) in [4.78, 5) is 10.7. The molecule has 0 unspecified atom stereocenters. The Morgan fingerprint density at radius 3 is 2.76 bits per heavy atom. The Morgan fingerprint density at radius 1 is 1.21 bits per heavy atom. The minimum absolute atomic E-state index is 0.0807. The van der Waals surface area contributed by atoms with Crippen molar-refractivity contribution in [1.82, 2.24) is 0 Å². The molecule has 1 heterocycles. The summed E-state index contributed by atoms with van der Waals surface area (Å²) in [6.45, 7) is 0.914. The van der Waals surface area contributed by atoms with E-state index in [-0.39, 0.29) is 31.2 Å². The Bertz CT molecular complexity index is 621. The molecule has 1 aromatic rings. The van der Waals surface area contributed by atoms with Gasteiger partial charge in [-0.05, 0) is 68.4 Å². The first-order chi connectivity index (χ1) is 14.0. The molecule has 3 rings (SSSR count). The molecule has 0 aromatic heterocycles. The summed E-state index contributed by atoms with van der Waals surface area (Å²) in [5.41, 5.74) is 0. The molecule has 1 aliphatic carbocycles. The van der Waals surface area contributed by atoms with E-state index in [1.54, 1.807) is 0 Å². The van der Waals surface area contributed by atoms with Gasteiger partial charge < -0.3 is 24.8 Å². The van der Waals surface area contributed by atoms with Crippen molar-refractivity contribution in [3.8, 4) is 5.75 Å². The summed E-state index contributed by atoms with van der Waals surface area (Å²) < 4.78 is 11.7. The molecule has 1 aromatic carbocycles. The summed E-state index contributed by atoms with van der Waals surface area (Å²) >= 11 is 0. The third kappa shape index (κ3) is 6.69. The molecule has 29 heavy (non-hydrogen) atoms. The molecule has 162 valence electrons. The number of benzene rings is 1. The summed E-state index contributed by atoms with van der Waals surface area (Å²) in [7, 11) is 0. The van der Waals surface area contributed by atoms with Crippen LogP contribution < -0.4 is 4.74 Å². The molecule has 1 saturated carbocycles. The number of rotatable bonds is 10. The van der Waals surface area contributed by atoms with Gasteiger partial charge in [-0.3, -0.25) is 4.79 Å². The first-order valence-corrected chi connectivity index (χ1v) is 10.9. The van der Waals surface area contributed by atoms with Gasteiger partial charge in [-0.15, -0.1) is 0 Å². The number of hydrogen-bond donors (Lipinski definition) is 3. The quantitative estimate of drug-likeness (QED) is 0.552. The maximum Gasteiger partial charge on any atom is 0.303 e. The van der Waals surface area contributed by atoms with Crippen LogP contribution in [0.15, 0.2) is 30.3 Å². The average molecular weight is 407 g/mol. The molecule has 2 fully saturated rings. The predicted molar refractivity (Wildman–Crippen MR) is 109 cm³/mol. The van der Waals surface area contributed by atoms with E-state index in [1.165, 1.54) is 0 Å². The number of para-hydroxylation sites is 1. The van der Waals surface area contributed by atoms with Gasteiger partial charge >= 0.3 is 5.97 Å². The molecule has 0 radical (unpaired) electrons. The van der Waals surface area contributed by atoms with Gasteiger partial charge in [-0.1, -0.05) is 18.2 Å². The first-order valence-electron chi connectivity index (χ1n) is 10.9. The Balaban J connectivity index is 1.43. The fourth-order valence-corrected chi connectivity index (χ4v) is 4.86. The molecule has 0 spiro atoms. The van der Waals surface area contributed by atoms with Crippen LogP contribution in [0.3, 0.4) is 0 Å². The monoisotopic (exact) mass is 406 g/mol.